The molecule has 9 nitrogen and oxygen atoms in total. The SMILES string of the molecule is CCOC(=O)c1c(NC(=O)C(C)OC(=O)c2cccc(NS(C)(=O)=O)c2)sc2c1CCCC2. The number of benzene rings is 1. The summed E-state index contributed by atoms with van der Waals surface area (Å²) < 4.78 is 35.5. The highest BCUT2D eigenvalue weighted by atomic mass is 32.2. The second-order valence-corrected chi connectivity index (χ2v) is 10.5. The highest BCUT2D eigenvalue weighted by Gasteiger charge is 2.29. The van der Waals surface area contributed by atoms with E-state index in [4.69, 9.17) is 9.47 Å². The highest BCUT2D eigenvalue weighted by molar-refractivity contribution is 7.92. The van der Waals surface area contributed by atoms with E-state index in [1.165, 1.54) is 42.5 Å². The van der Waals surface area contributed by atoms with Crippen LogP contribution >= 0.6 is 11.3 Å². The summed E-state index contributed by atoms with van der Waals surface area (Å²) in [6.45, 7) is 3.36. The van der Waals surface area contributed by atoms with E-state index in [-0.39, 0.29) is 17.9 Å². The van der Waals surface area contributed by atoms with Crippen molar-refractivity contribution in [3.8, 4) is 0 Å². The molecule has 0 saturated heterocycles. The van der Waals surface area contributed by atoms with Crippen LogP contribution in [0.15, 0.2) is 24.3 Å². The van der Waals surface area contributed by atoms with Crippen molar-refractivity contribution < 1.29 is 32.3 Å². The summed E-state index contributed by atoms with van der Waals surface area (Å²) in [5.41, 5.74) is 1.58. The lowest BCUT2D eigenvalue weighted by atomic mass is 9.95. The van der Waals surface area contributed by atoms with Crippen LogP contribution in [0, 0.1) is 0 Å². The number of hydrogen-bond donors (Lipinski definition) is 2. The average molecular weight is 495 g/mol. The topological polar surface area (TPSA) is 128 Å². The number of thiophene rings is 1. The number of carbonyl (C=O) groups is 3. The number of anilines is 2. The quantitative estimate of drug-likeness (QED) is 0.539. The molecule has 1 aromatic heterocycles. The largest absolute Gasteiger partial charge is 0.462 e. The van der Waals surface area contributed by atoms with Crippen molar-refractivity contribution in [2.24, 2.45) is 0 Å². The lowest BCUT2D eigenvalue weighted by molar-refractivity contribution is -0.123. The zero-order valence-corrected chi connectivity index (χ0v) is 20.2. The first-order valence-corrected chi connectivity index (χ1v) is 13.2. The molecular weight excluding hydrogens is 468 g/mol. The molecule has 0 fully saturated rings. The molecule has 2 aromatic rings. The maximum atomic E-state index is 12.8. The van der Waals surface area contributed by atoms with E-state index in [9.17, 15) is 22.8 Å². The molecule has 0 spiro atoms. The summed E-state index contributed by atoms with van der Waals surface area (Å²) >= 11 is 1.35. The first-order chi connectivity index (χ1) is 15.6. The van der Waals surface area contributed by atoms with Crippen LogP contribution in [0.2, 0.25) is 0 Å². The fraction of sp³-hybridized carbons (Fsp3) is 0.409. The smallest absolute Gasteiger partial charge is 0.341 e. The van der Waals surface area contributed by atoms with Gasteiger partial charge in [0.15, 0.2) is 6.10 Å². The molecule has 1 aliphatic carbocycles. The van der Waals surface area contributed by atoms with E-state index in [1.54, 1.807) is 6.92 Å². The molecule has 0 saturated carbocycles. The molecule has 2 N–H and O–H groups in total. The van der Waals surface area contributed by atoms with Gasteiger partial charge in [-0.05, 0) is 63.3 Å². The Labute approximate surface area is 196 Å². The number of hydrogen-bond acceptors (Lipinski definition) is 8. The van der Waals surface area contributed by atoms with Gasteiger partial charge in [0.2, 0.25) is 10.0 Å². The van der Waals surface area contributed by atoms with E-state index >= 15 is 0 Å². The third kappa shape index (κ3) is 6.32. The minimum Gasteiger partial charge on any atom is -0.462 e. The third-order valence-corrected chi connectivity index (χ3v) is 6.76. The van der Waals surface area contributed by atoms with E-state index < -0.39 is 34.0 Å². The lowest BCUT2D eigenvalue weighted by Gasteiger charge is -2.15. The number of rotatable bonds is 8. The molecule has 1 amide bonds. The molecule has 1 heterocycles. The standard InChI is InChI=1S/C22H26N2O7S2/c1-4-30-22(27)18-16-10-5-6-11-17(16)32-20(18)23-19(25)13(2)31-21(26)14-8-7-9-15(12-14)24-33(3,28)29/h7-9,12-13,24H,4-6,10-11H2,1-3H3,(H,23,25). The van der Waals surface area contributed by atoms with Crippen LogP contribution in [0.5, 0.6) is 0 Å². The predicted octanol–water partition coefficient (Wildman–Crippen LogP) is 3.36. The van der Waals surface area contributed by atoms with Crippen molar-refractivity contribution in [1.29, 1.82) is 0 Å². The molecule has 0 aliphatic heterocycles. The summed E-state index contributed by atoms with van der Waals surface area (Å²) in [7, 11) is -3.51. The molecule has 1 aromatic carbocycles. The Morgan fingerprint density at radius 2 is 1.88 bits per heavy atom. The Hall–Kier alpha value is -2.92. The summed E-state index contributed by atoms with van der Waals surface area (Å²) in [6.07, 6.45) is 3.41. The van der Waals surface area contributed by atoms with Gasteiger partial charge in [-0.25, -0.2) is 18.0 Å². The molecule has 0 radical (unpaired) electrons. The van der Waals surface area contributed by atoms with Gasteiger partial charge in [0.25, 0.3) is 5.91 Å². The zero-order valence-electron chi connectivity index (χ0n) is 18.6. The Morgan fingerprint density at radius 3 is 2.58 bits per heavy atom. The van der Waals surface area contributed by atoms with Gasteiger partial charge in [0, 0.05) is 10.6 Å². The summed E-state index contributed by atoms with van der Waals surface area (Å²) in [5, 5.41) is 3.11. The molecule has 1 unspecified atom stereocenters. The van der Waals surface area contributed by atoms with Crippen LogP contribution in [-0.4, -0.2) is 45.2 Å². The maximum Gasteiger partial charge on any atom is 0.341 e. The van der Waals surface area contributed by atoms with Crippen molar-refractivity contribution in [2.45, 2.75) is 45.6 Å². The number of fused-ring (bicyclic) bond motifs is 1. The van der Waals surface area contributed by atoms with Crippen LogP contribution in [0.1, 0.15) is 57.8 Å². The Balaban J connectivity index is 1.72. The predicted molar refractivity (Wildman–Crippen MR) is 125 cm³/mol. The van der Waals surface area contributed by atoms with Crippen LogP contribution in [0.4, 0.5) is 10.7 Å². The number of sulfonamides is 1. The van der Waals surface area contributed by atoms with Gasteiger partial charge in [-0.3, -0.25) is 9.52 Å². The van der Waals surface area contributed by atoms with Crippen molar-refractivity contribution >= 4 is 49.9 Å². The van der Waals surface area contributed by atoms with Gasteiger partial charge in [-0.1, -0.05) is 6.07 Å². The van der Waals surface area contributed by atoms with Gasteiger partial charge < -0.3 is 14.8 Å². The third-order valence-electron chi connectivity index (χ3n) is 4.94. The number of aryl methyl sites for hydroxylation is 1. The summed E-state index contributed by atoms with van der Waals surface area (Å²) in [4.78, 5) is 38.8. The zero-order chi connectivity index (χ0) is 24.2. The molecule has 11 heteroatoms. The van der Waals surface area contributed by atoms with Crippen LogP contribution in [0.25, 0.3) is 0 Å². The van der Waals surface area contributed by atoms with E-state index in [0.29, 0.717) is 10.6 Å². The Kier molecular flexibility index (Phi) is 7.75. The molecule has 178 valence electrons. The number of carbonyl (C=O) groups excluding carboxylic acids is 3. The average Bonchev–Trinajstić information content (AvgIpc) is 3.10. The molecule has 3 rings (SSSR count). The second-order valence-electron chi connectivity index (χ2n) is 7.63. The molecule has 1 atom stereocenters. The monoisotopic (exact) mass is 494 g/mol. The van der Waals surface area contributed by atoms with Gasteiger partial charge in [0.05, 0.1) is 24.0 Å². The summed E-state index contributed by atoms with van der Waals surface area (Å²) in [6, 6.07) is 5.76. The maximum absolute atomic E-state index is 12.8. The Morgan fingerprint density at radius 1 is 1.15 bits per heavy atom. The normalized spacial score (nSPS) is 14.0. The molecular formula is C22H26N2O7S2. The van der Waals surface area contributed by atoms with Crippen LogP contribution in [0.3, 0.4) is 0 Å². The lowest BCUT2D eigenvalue weighted by Crippen LogP contribution is -2.30. The van der Waals surface area contributed by atoms with Crippen molar-refractivity contribution in [3.63, 3.8) is 0 Å². The number of amides is 1. The highest BCUT2D eigenvalue weighted by Crippen LogP contribution is 2.38. The first kappa shape index (κ1) is 24.7. The van der Waals surface area contributed by atoms with Crippen LogP contribution in [-0.2, 0) is 37.1 Å². The first-order valence-electron chi connectivity index (χ1n) is 10.5. The van der Waals surface area contributed by atoms with Gasteiger partial charge in [-0.15, -0.1) is 11.3 Å². The minimum absolute atomic E-state index is 0.0853. The second kappa shape index (κ2) is 10.3. The van der Waals surface area contributed by atoms with Crippen molar-refractivity contribution in [3.05, 3.63) is 45.8 Å². The number of ether oxygens (including phenoxy) is 2. The van der Waals surface area contributed by atoms with Crippen molar-refractivity contribution in [1.82, 2.24) is 0 Å². The van der Waals surface area contributed by atoms with Gasteiger partial charge in [-0.2, -0.15) is 0 Å². The molecule has 0 bridgehead atoms. The molecule has 1 aliphatic rings. The molecule has 33 heavy (non-hydrogen) atoms. The summed E-state index contributed by atoms with van der Waals surface area (Å²) in [5.74, 6) is -1.85. The fourth-order valence-corrected chi connectivity index (χ4v) is 5.33. The van der Waals surface area contributed by atoms with E-state index in [2.05, 4.69) is 10.0 Å². The van der Waals surface area contributed by atoms with Crippen LogP contribution < -0.4 is 10.0 Å². The van der Waals surface area contributed by atoms with E-state index in [0.717, 1.165) is 42.4 Å². The van der Waals surface area contributed by atoms with Crippen molar-refractivity contribution in [2.75, 3.05) is 22.9 Å². The van der Waals surface area contributed by atoms with E-state index in [1.807, 2.05) is 0 Å². The number of esters is 2. The Bertz CT molecular complexity index is 1170. The minimum atomic E-state index is -3.51. The van der Waals surface area contributed by atoms with Gasteiger partial charge in [0.1, 0.15) is 5.00 Å². The fourth-order valence-electron chi connectivity index (χ4n) is 3.49. The van der Waals surface area contributed by atoms with Gasteiger partial charge >= 0.3 is 11.9 Å². The number of nitrogens with one attached hydrogen (secondary N) is 2.